The summed E-state index contributed by atoms with van der Waals surface area (Å²) in [6.07, 6.45) is 0.810. The summed E-state index contributed by atoms with van der Waals surface area (Å²) in [7, 11) is 0. The quantitative estimate of drug-likeness (QED) is 0.621. The molecule has 25 heavy (non-hydrogen) atoms. The van der Waals surface area contributed by atoms with Crippen LogP contribution in [0.4, 0.5) is 0 Å². The summed E-state index contributed by atoms with van der Waals surface area (Å²) in [6, 6.07) is 13.0. The molecule has 2 aromatic heterocycles. The molecule has 0 fully saturated rings. The average molecular weight is 374 g/mol. The number of aliphatic carboxylic acids is 1. The number of carboxylic acids is 1. The fourth-order valence-electron chi connectivity index (χ4n) is 2.50. The van der Waals surface area contributed by atoms with Crippen molar-refractivity contribution in [2.45, 2.75) is 25.6 Å². The Morgan fingerprint density at radius 2 is 2.04 bits per heavy atom. The van der Waals surface area contributed by atoms with Crippen LogP contribution in [0.1, 0.15) is 5.56 Å². The molecule has 0 bridgehead atoms. The third-order valence-electron chi connectivity index (χ3n) is 3.82. The summed E-state index contributed by atoms with van der Waals surface area (Å²) in [6.45, 7) is 0.712. The fraction of sp³-hybridized carbons (Fsp3) is 0.235. The van der Waals surface area contributed by atoms with Gasteiger partial charge in [0.2, 0.25) is 0 Å². The van der Waals surface area contributed by atoms with Gasteiger partial charge in [-0.2, -0.15) is 5.10 Å². The molecule has 0 spiro atoms. The van der Waals surface area contributed by atoms with Gasteiger partial charge in [-0.15, -0.1) is 11.3 Å². The zero-order valence-corrected chi connectivity index (χ0v) is 15.0. The third kappa shape index (κ3) is 4.04. The number of benzene rings is 1. The molecule has 0 aliphatic heterocycles. The number of rotatable bonds is 7. The van der Waals surface area contributed by atoms with Gasteiger partial charge < -0.3 is 10.8 Å². The van der Waals surface area contributed by atoms with E-state index in [1.807, 2.05) is 40.3 Å². The van der Waals surface area contributed by atoms with E-state index in [0.717, 1.165) is 17.1 Å². The molecule has 0 aliphatic carbocycles. The highest BCUT2D eigenvalue weighted by molar-refractivity contribution is 7.71. The van der Waals surface area contributed by atoms with Crippen LogP contribution >= 0.6 is 23.6 Å². The van der Waals surface area contributed by atoms with E-state index >= 15 is 0 Å². The van der Waals surface area contributed by atoms with Crippen LogP contribution in [0.15, 0.2) is 47.8 Å². The summed E-state index contributed by atoms with van der Waals surface area (Å²) in [5, 5.41) is 15.5. The molecule has 0 saturated carbocycles. The monoisotopic (exact) mass is 374 g/mol. The van der Waals surface area contributed by atoms with Gasteiger partial charge in [0.05, 0.1) is 11.4 Å². The molecule has 1 atom stereocenters. The first-order valence-corrected chi connectivity index (χ1v) is 9.09. The van der Waals surface area contributed by atoms with Crippen LogP contribution in [0, 0.1) is 4.77 Å². The minimum atomic E-state index is -1.07. The van der Waals surface area contributed by atoms with E-state index in [1.165, 1.54) is 10.2 Å². The topological polar surface area (TPSA) is 86.1 Å². The van der Waals surface area contributed by atoms with Crippen molar-refractivity contribution in [2.75, 3.05) is 0 Å². The van der Waals surface area contributed by atoms with E-state index < -0.39 is 12.0 Å². The van der Waals surface area contributed by atoms with Crippen molar-refractivity contribution in [3.8, 4) is 10.7 Å². The van der Waals surface area contributed by atoms with Crippen LogP contribution < -0.4 is 5.73 Å². The van der Waals surface area contributed by atoms with Crippen molar-refractivity contribution in [3.05, 3.63) is 58.2 Å². The fourth-order valence-corrected chi connectivity index (χ4v) is 3.51. The molecule has 2 heterocycles. The highest BCUT2D eigenvalue weighted by atomic mass is 32.1. The lowest BCUT2D eigenvalue weighted by molar-refractivity contribution is -0.138. The van der Waals surface area contributed by atoms with E-state index in [-0.39, 0.29) is 6.54 Å². The van der Waals surface area contributed by atoms with Gasteiger partial charge in [0.1, 0.15) is 6.04 Å². The van der Waals surface area contributed by atoms with Crippen LogP contribution in [-0.2, 0) is 24.3 Å². The Morgan fingerprint density at radius 1 is 1.28 bits per heavy atom. The minimum Gasteiger partial charge on any atom is -0.480 e. The Kier molecular flexibility index (Phi) is 5.42. The molecule has 0 radical (unpaired) electrons. The number of nitrogens with two attached hydrogens (primary N) is 1. The lowest BCUT2D eigenvalue weighted by atomic mass is 10.1. The SMILES string of the molecule is N[C@@H](Cn1nc(-c2cccs2)n(CCc2ccccc2)c1=S)C(=O)O. The Balaban J connectivity index is 1.92. The highest BCUT2D eigenvalue weighted by Crippen LogP contribution is 2.24. The molecular formula is C17H18N4O2S2. The molecule has 130 valence electrons. The molecule has 3 rings (SSSR count). The molecule has 8 heteroatoms. The summed E-state index contributed by atoms with van der Waals surface area (Å²) in [5.41, 5.74) is 6.85. The maximum Gasteiger partial charge on any atom is 0.322 e. The summed E-state index contributed by atoms with van der Waals surface area (Å²) < 4.78 is 3.94. The largest absolute Gasteiger partial charge is 0.480 e. The third-order valence-corrected chi connectivity index (χ3v) is 5.12. The summed E-state index contributed by atoms with van der Waals surface area (Å²) in [5.74, 6) is -0.327. The van der Waals surface area contributed by atoms with Crippen LogP contribution in [0.5, 0.6) is 0 Å². The second kappa shape index (κ2) is 7.73. The molecular weight excluding hydrogens is 356 g/mol. The number of nitrogens with zero attached hydrogens (tertiary/aromatic N) is 3. The zero-order chi connectivity index (χ0) is 17.8. The summed E-state index contributed by atoms with van der Waals surface area (Å²) >= 11 is 7.10. The predicted octanol–water partition coefficient (Wildman–Crippen LogP) is 2.80. The second-order valence-electron chi connectivity index (χ2n) is 5.60. The van der Waals surface area contributed by atoms with Crippen molar-refractivity contribution in [2.24, 2.45) is 5.73 Å². The van der Waals surface area contributed by atoms with Crippen molar-refractivity contribution < 1.29 is 9.90 Å². The van der Waals surface area contributed by atoms with Crippen LogP contribution in [0.25, 0.3) is 10.7 Å². The maximum absolute atomic E-state index is 11.0. The van der Waals surface area contributed by atoms with E-state index in [4.69, 9.17) is 23.1 Å². The van der Waals surface area contributed by atoms with Crippen molar-refractivity contribution in [1.29, 1.82) is 0 Å². The van der Waals surface area contributed by atoms with Crippen molar-refractivity contribution >= 4 is 29.5 Å². The van der Waals surface area contributed by atoms with Gasteiger partial charge in [-0.05, 0) is 35.6 Å². The lowest BCUT2D eigenvalue weighted by Gasteiger charge is -2.07. The van der Waals surface area contributed by atoms with Gasteiger partial charge in [-0.3, -0.25) is 9.36 Å². The van der Waals surface area contributed by atoms with Crippen LogP contribution in [-0.4, -0.2) is 31.5 Å². The van der Waals surface area contributed by atoms with Crippen LogP contribution in [0.2, 0.25) is 0 Å². The van der Waals surface area contributed by atoms with Gasteiger partial charge in [-0.1, -0.05) is 36.4 Å². The van der Waals surface area contributed by atoms with Crippen LogP contribution in [0.3, 0.4) is 0 Å². The number of hydrogen-bond acceptors (Lipinski definition) is 5. The first kappa shape index (κ1) is 17.5. The maximum atomic E-state index is 11.0. The Hall–Kier alpha value is -2.29. The number of hydrogen-bond donors (Lipinski definition) is 2. The van der Waals surface area contributed by atoms with E-state index in [2.05, 4.69) is 17.2 Å². The van der Waals surface area contributed by atoms with Gasteiger partial charge in [0.25, 0.3) is 0 Å². The highest BCUT2D eigenvalue weighted by Gasteiger charge is 2.18. The second-order valence-corrected chi connectivity index (χ2v) is 6.91. The molecule has 1 aromatic carbocycles. The Bertz CT molecular complexity index is 901. The molecule has 3 aromatic rings. The lowest BCUT2D eigenvalue weighted by Crippen LogP contribution is -2.35. The predicted molar refractivity (Wildman–Crippen MR) is 100 cm³/mol. The molecule has 3 N–H and O–H groups in total. The zero-order valence-electron chi connectivity index (χ0n) is 13.4. The summed E-state index contributed by atoms with van der Waals surface area (Å²) in [4.78, 5) is 12.0. The smallest absolute Gasteiger partial charge is 0.322 e. The van der Waals surface area contributed by atoms with E-state index in [9.17, 15) is 4.79 Å². The van der Waals surface area contributed by atoms with E-state index in [0.29, 0.717) is 11.3 Å². The number of carbonyl (C=O) groups is 1. The molecule has 0 amide bonds. The molecule has 0 aliphatic rings. The van der Waals surface area contributed by atoms with Gasteiger partial charge in [-0.25, -0.2) is 4.68 Å². The minimum absolute atomic E-state index is 0.0465. The normalized spacial score (nSPS) is 12.2. The van der Waals surface area contributed by atoms with Gasteiger partial charge in [0.15, 0.2) is 10.6 Å². The molecule has 6 nitrogen and oxygen atoms in total. The van der Waals surface area contributed by atoms with Gasteiger partial charge in [0, 0.05) is 6.54 Å². The van der Waals surface area contributed by atoms with E-state index in [1.54, 1.807) is 11.3 Å². The van der Waals surface area contributed by atoms with Gasteiger partial charge >= 0.3 is 5.97 Å². The number of thiophene rings is 1. The standard InChI is InChI=1S/C17H18N4O2S2/c18-13(16(22)23)11-21-17(24)20(9-8-12-5-2-1-3-6-12)15(19-21)14-7-4-10-25-14/h1-7,10,13H,8-9,11,18H2,(H,22,23)/t13-/m0/s1. The average Bonchev–Trinajstić information content (AvgIpc) is 3.23. The molecule has 0 unspecified atom stereocenters. The number of aromatic nitrogens is 3. The molecule has 0 saturated heterocycles. The number of carboxylic acid groups (broad SMARTS) is 1. The Labute approximate surface area is 154 Å². The Morgan fingerprint density at radius 3 is 2.68 bits per heavy atom. The number of aryl methyl sites for hydroxylation is 1. The first-order valence-electron chi connectivity index (χ1n) is 7.80. The van der Waals surface area contributed by atoms with Crippen molar-refractivity contribution in [1.82, 2.24) is 14.3 Å². The van der Waals surface area contributed by atoms with Crippen molar-refractivity contribution in [3.63, 3.8) is 0 Å². The first-order chi connectivity index (χ1) is 12.1.